The van der Waals surface area contributed by atoms with Crippen LogP contribution >= 0.6 is 11.6 Å². The smallest absolute Gasteiger partial charge is 0.403 e. The van der Waals surface area contributed by atoms with Gasteiger partial charge in [0.1, 0.15) is 0 Å². The van der Waals surface area contributed by atoms with Crippen molar-refractivity contribution >= 4 is 17.0 Å². The van der Waals surface area contributed by atoms with Crippen LogP contribution in [0.15, 0.2) is 0 Å². The number of halogens is 1. The lowest BCUT2D eigenvalue weighted by atomic mass is 10.9. The lowest BCUT2D eigenvalue weighted by Gasteiger charge is -1.86. The molecule has 9 heavy (non-hydrogen) atoms. The highest BCUT2D eigenvalue weighted by atomic mass is 35.5. The molecule has 0 spiro atoms. The first-order valence-corrected chi connectivity index (χ1v) is 3.05. The molecular formula is C5H9ClO3. The van der Waals surface area contributed by atoms with Gasteiger partial charge in [-0.25, -0.2) is 4.79 Å². The lowest BCUT2D eigenvalue weighted by Crippen LogP contribution is -1.89. The van der Waals surface area contributed by atoms with Gasteiger partial charge in [0, 0.05) is 11.6 Å². The van der Waals surface area contributed by atoms with Gasteiger partial charge >= 0.3 is 5.43 Å². The Labute approximate surface area is 58.9 Å². The van der Waals surface area contributed by atoms with E-state index in [4.69, 9.17) is 11.6 Å². The van der Waals surface area contributed by atoms with Crippen LogP contribution in [0.3, 0.4) is 0 Å². The van der Waals surface area contributed by atoms with Crippen molar-refractivity contribution in [1.82, 2.24) is 0 Å². The molecule has 1 rings (SSSR count). The highest BCUT2D eigenvalue weighted by molar-refractivity contribution is 6.61. The van der Waals surface area contributed by atoms with E-state index in [0.717, 1.165) is 13.2 Å². The Morgan fingerprint density at radius 1 is 1.78 bits per heavy atom. The lowest BCUT2D eigenvalue weighted by molar-refractivity contribution is 0.180. The van der Waals surface area contributed by atoms with Gasteiger partial charge in [0.05, 0.1) is 19.8 Å². The molecule has 1 heterocycles. The number of ether oxygens (including phenoxy) is 2. The first-order chi connectivity index (χ1) is 4.27. The zero-order valence-electron chi connectivity index (χ0n) is 5.22. The highest BCUT2D eigenvalue weighted by Crippen LogP contribution is 1.84. The fourth-order valence-electron chi connectivity index (χ4n) is 0.113. The van der Waals surface area contributed by atoms with Crippen LogP contribution in [-0.4, -0.2) is 25.2 Å². The zero-order valence-corrected chi connectivity index (χ0v) is 5.98. The van der Waals surface area contributed by atoms with E-state index in [2.05, 4.69) is 9.47 Å². The molecule has 54 valence electrons. The topological polar surface area (TPSA) is 38.8 Å². The molecule has 1 aliphatic rings. The molecular weight excluding hydrogens is 144 g/mol. The predicted octanol–water partition coefficient (Wildman–Crippen LogP) is 1.40. The van der Waals surface area contributed by atoms with Crippen LogP contribution < -0.4 is 0 Å². The maximum absolute atomic E-state index is 9.59. The Kier molecular flexibility index (Phi) is 5.67. The van der Waals surface area contributed by atoms with E-state index < -0.39 is 5.43 Å². The van der Waals surface area contributed by atoms with Crippen molar-refractivity contribution in [2.45, 2.75) is 6.92 Å². The minimum absolute atomic E-state index is 0.350. The minimum atomic E-state index is -0.738. The number of rotatable bonds is 1. The van der Waals surface area contributed by atoms with Crippen molar-refractivity contribution in [1.29, 1.82) is 0 Å². The molecule has 1 fully saturated rings. The summed E-state index contributed by atoms with van der Waals surface area (Å²) in [5.74, 6) is 0. The summed E-state index contributed by atoms with van der Waals surface area (Å²) in [6.07, 6.45) is 0. The SMILES string of the molecule is C1CO1.CCOC(=O)Cl. The summed E-state index contributed by atoms with van der Waals surface area (Å²) in [5.41, 5.74) is -0.738. The summed E-state index contributed by atoms with van der Waals surface area (Å²) in [4.78, 5) is 9.59. The number of carbonyl (C=O) groups is 1. The van der Waals surface area contributed by atoms with Gasteiger partial charge in [0.2, 0.25) is 0 Å². The van der Waals surface area contributed by atoms with E-state index in [-0.39, 0.29) is 0 Å². The number of hydrogen-bond donors (Lipinski definition) is 0. The standard InChI is InChI=1S/C3H5ClO2.C2H4O/c1-2-6-3(4)5;1-2-3-1/h2H2,1H3;1-2H2. The van der Waals surface area contributed by atoms with E-state index in [1.807, 2.05) is 0 Å². The Bertz CT molecular complexity index is 79.5. The van der Waals surface area contributed by atoms with Crippen LogP contribution in [0.25, 0.3) is 0 Å². The van der Waals surface area contributed by atoms with Gasteiger partial charge in [-0.2, -0.15) is 0 Å². The third kappa shape index (κ3) is 18.3. The third-order valence-corrected chi connectivity index (χ3v) is 0.571. The monoisotopic (exact) mass is 152 g/mol. The van der Waals surface area contributed by atoms with Crippen molar-refractivity contribution in [2.75, 3.05) is 19.8 Å². The van der Waals surface area contributed by atoms with Crippen LogP contribution in [0.1, 0.15) is 6.92 Å². The van der Waals surface area contributed by atoms with Gasteiger partial charge in [-0.3, -0.25) is 0 Å². The van der Waals surface area contributed by atoms with Gasteiger partial charge in [-0.05, 0) is 6.92 Å². The molecule has 0 aromatic carbocycles. The fourth-order valence-corrected chi connectivity index (χ4v) is 0.223. The average Bonchev–Trinajstić information content (AvgIpc) is 2.45. The van der Waals surface area contributed by atoms with E-state index in [0.29, 0.717) is 6.61 Å². The molecule has 0 bridgehead atoms. The molecule has 0 amide bonds. The van der Waals surface area contributed by atoms with Crippen molar-refractivity contribution in [2.24, 2.45) is 0 Å². The van der Waals surface area contributed by atoms with Crippen LogP contribution in [0, 0.1) is 0 Å². The molecule has 0 atom stereocenters. The largest absolute Gasteiger partial charge is 0.454 e. The molecule has 0 aromatic rings. The Morgan fingerprint density at radius 2 is 2.22 bits per heavy atom. The summed E-state index contributed by atoms with van der Waals surface area (Å²) in [7, 11) is 0. The van der Waals surface area contributed by atoms with Crippen molar-refractivity contribution in [3.05, 3.63) is 0 Å². The summed E-state index contributed by atoms with van der Waals surface area (Å²) in [6.45, 7) is 4.04. The van der Waals surface area contributed by atoms with Gasteiger partial charge < -0.3 is 9.47 Å². The van der Waals surface area contributed by atoms with Gasteiger partial charge in [0.25, 0.3) is 0 Å². The molecule has 0 radical (unpaired) electrons. The van der Waals surface area contributed by atoms with Gasteiger partial charge in [-0.1, -0.05) is 0 Å². The average molecular weight is 153 g/mol. The summed E-state index contributed by atoms with van der Waals surface area (Å²) in [5, 5.41) is 0. The Hall–Kier alpha value is -0.280. The molecule has 0 aliphatic carbocycles. The quantitative estimate of drug-likeness (QED) is 0.421. The fraction of sp³-hybridized carbons (Fsp3) is 0.800. The molecule has 4 heteroatoms. The van der Waals surface area contributed by atoms with E-state index in [9.17, 15) is 4.79 Å². The van der Waals surface area contributed by atoms with Crippen molar-refractivity contribution < 1.29 is 14.3 Å². The van der Waals surface area contributed by atoms with E-state index >= 15 is 0 Å². The molecule has 0 saturated carbocycles. The number of epoxide rings is 1. The molecule has 1 aliphatic heterocycles. The van der Waals surface area contributed by atoms with Crippen LogP contribution in [0.4, 0.5) is 4.79 Å². The van der Waals surface area contributed by atoms with Crippen LogP contribution in [0.5, 0.6) is 0 Å². The number of hydrogen-bond acceptors (Lipinski definition) is 3. The normalized spacial score (nSPS) is 13.1. The first kappa shape index (κ1) is 8.72. The first-order valence-electron chi connectivity index (χ1n) is 2.67. The molecule has 3 nitrogen and oxygen atoms in total. The minimum Gasteiger partial charge on any atom is -0.454 e. The molecule has 0 aromatic heterocycles. The number of carbonyl (C=O) groups excluding carboxylic acids is 1. The van der Waals surface area contributed by atoms with Crippen molar-refractivity contribution in [3.63, 3.8) is 0 Å². The van der Waals surface area contributed by atoms with E-state index in [1.165, 1.54) is 0 Å². The second-order valence-corrected chi connectivity index (χ2v) is 1.59. The Balaban J connectivity index is 0.000000173. The maximum atomic E-state index is 9.59. The van der Waals surface area contributed by atoms with Crippen LogP contribution in [-0.2, 0) is 9.47 Å². The molecule has 1 saturated heterocycles. The summed E-state index contributed by atoms with van der Waals surface area (Å²) in [6, 6.07) is 0. The van der Waals surface area contributed by atoms with E-state index in [1.54, 1.807) is 6.92 Å². The third-order valence-electron chi connectivity index (χ3n) is 0.462. The molecule has 0 unspecified atom stereocenters. The van der Waals surface area contributed by atoms with Gasteiger partial charge in [-0.15, -0.1) is 0 Å². The van der Waals surface area contributed by atoms with Crippen LogP contribution in [0.2, 0.25) is 0 Å². The maximum Gasteiger partial charge on any atom is 0.403 e. The Morgan fingerprint density at radius 3 is 2.22 bits per heavy atom. The highest BCUT2D eigenvalue weighted by Gasteiger charge is 1.94. The summed E-state index contributed by atoms with van der Waals surface area (Å²) >= 11 is 4.72. The summed E-state index contributed by atoms with van der Waals surface area (Å²) < 4.78 is 8.67. The molecule has 0 N–H and O–H groups in total. The van der Waals surface area contributed by atoms with Gasteiger partial charge in [0.15, 0.2) is 0 Å². The zero-order chi connectivity index (χ0) is 7.11. The van der Waals surface area contributed by atoms with Crippen molar-refractivity contribution in [3.8, 4) is 0 Å². The second kappa shape index (κ2) is 5.85. The predicted molar refractivity (Wildman–Crippen MR) is 33.7 cm³/mol. The second-order valence-electron chi connectivity index (χ2n) is 1.28.